The molecular formula is C21H24N4OS. The first-order chi connectivity index (χ1) is 13.2. The van der Waals surface area contributed by atoms with Crippen LogP contribution in [0.25, 0.3) is 11.4 Å². The molecule has 0 radical (unpaired) electrons. The van der Waals surface area contributed by atoms with Crippen molar-refractivity contribution in [3.8, 4) is 11.4 Å². The molecule has 0 aliphatic carbocycles. The third-order valence-corrected chi connectivity index (χ3v) is 5.38. The van der Waals surface area contributed by atoms with Gasteiger partial charge in [-0.15, -0.1) is 10.2 Å². The molecule has 0 unspecified atom stereocenters. The van der Waals surface area contributed by atoms with Gasteiger partial charge in [0, 0.05) is 24.3 Å². The van der Waals surface area contributed by atoms with E-state index in [0.29, 0.717) is 12.3 Å². The highest BCUT2D eigenvalue weighted by Gasteiger charge is 2.18. The van der Waals surface area contributed by atoms with Gasteiger partial charge in [-0.2, -0.15) is 0 Å². The van der Waals surface area contributed by atoms with Crippen LogP contribution in [0, 0.1) is 6.92 Å². The second kappa shape index (κ2) is 8.86. The number of para-hydroxylation sites is 1. The highest BCUT2D eigenvalue weighted by atomic mass is 32.2. The zero-order valence-corrected chi connectivity index (χ0v) is 16.7. The van der Waals surface area contributed by atoms with Gasteiger partial charge in [0.2, 0.25) is 5.91 Å². The Morgan fingerprint density at radius 3 is 2.41 bits per heavy atom. The fourth-order valence-electron chi connectivity index (χ4n) is 3.02. The Morgan fingerprint density at radius 2 is 1.74 bits per heavy atom. The van der Waals surface area contributed by atoms with Crippen molar-refractivity contribution in [3.63, 3.8) is 0 Å². The number of aryl methyl sites for hydroxylation is 1. The van der Waals surface area contributed by atoms with Crippen LogP contribution in [0.15, 0.2) is 59.8 Å². The second-order valence-corrected chi connectivity index (χ2v) is 7.07. The third kappa shape index (κ3) is 4.22. The molecule has 0 saturated heterocycles. The minimum atomic E-state index is 0.0665. The van der Waals surface area contributed by atoms with E-state index in [2.05, 4.69) is 40.7 Å². The predicted molar refractivity (Wildman–Crippen MR) is 111 cm³/mol. The number of aromatic nitrogens is 3. The molecule has 1 amide bonds. The van der Waals surface area contributed by atoms with Gasteiger partial charge < -0.3 is 9.47 Å². The van der Waals surface area contributed by atoms with Crippen molar-refractivity contribution in [1.82, 2.24) is 14.8 Å². The van der Waals surface area contributed by atoms with Gasteiger partial charge in [-0.3, -0.25) is 4.79 Å². The number of anilines is 1. The van der Waals surface area contributed by atoms with E-state index in [1.54, 1.807) is 4.90 Å². The monoisotopic (exact) mass is 380 g/mol. The Labute approximate surface area is 164 Å². The summed E-state index contributed by atoms with van der Waals surface area (Å²) in [6.07, 6.45) is 0. The Hall–Kier alpha value is -2.60. The van der Waals surface area contributed by atoms with Gasteiger partial charge in [-0.1, -0.05) is 54.2 Å². The smallest absolute Gasteiger partial charge is 0.237 e. The van der Waals surface area contributed by atoms with Crippen molar-refractivity contribution in [2.24, 2.45) is 0 Å². The van der Waals surface area contributed by atoms with Crippen LogP contribution < -0.4 is 4.90 Å². The van der Waals surface area contributed by atoms with E-state index in [4.69, 9.17) is 0 Å². The van der Waals surface area contributed by atoms with Crippen molar-refractivity contribution in [1.29, 1.82) is 0 Å². The standard InChI is InChI=1S/C21H24N4OS/c1-4-24(17-12-7-6-8-13-17)19(26)15-27-21-23-22-20(25(21)5-2)18-14-10-9-11-16(18)3/h6-14H,4-5,15H2,1-3H3. The number of thioether (sulfide) groups is 1. The Bertz CT molecular complexity index is 908. The Balaban J connectivity index is 1.77. The summed E-state index contributed by atoms with van der Waals surface area (Å²) in [6, 6.07) is 17.9. The average molecular weight is 381 g/mol. The van der Waals surface area contributed by atoms with Gasteiger partial charge in [0.05, 0.1) is 5.75 Å². The first-order valence-electron chi connectivity index (χ1n) is 9.13. The first-order valence-corrected chi connectivity index (χ1v) is 10.1. The normalized spacial score (nSPS) is 10.8. The molecule has 0 aliphatic rings. The lowest BCUT2D eigenvalue weighted by Gasteiger charge is -2.20. The zero-order chi connectivity index (χ0) is 19.2. The van der Waals surface area contributed by atoms with E-state index in [1.165, 1.54) is 11.8 Å². The van der Waals surface area contributed by atoms with Crippen LogP contribution in [0.3, 0.4) is 0 Å². The molecule has 27 heavy (non-hydrogen) atoms. The molecule has 0 aliphatic heterocycles. The average Bonchev–Trinajstić information content (AvgIpc) is 3.11. The number of amides is 1. The zero-order valence-electron chi connectivity index (χ0n) is 15.9. The number of carbonyl (C=O) groups excluding carboxylic acids is 1. The van der Waals surface area contributed by atoms with Gasteiger partial charge in [0.15, 0.2) is 11.0 Å². The Morgan fingerprint density at radius 1 is 1.04 bits per heavy atom. The van der Waals surface area contributed by atoms with E-state index in [1.807, 2.05) is 49.4 Å². The van der Waals surface area contributed by atoms with Crippen LogP contribution in [-0.2, 0) is 11.3 Å². The lowest BCUT2D eigenvalue weighted by atomic mass is 10.1. The molecule has 3 rings (SSSR count). The molecule has 1 aromatic heterocycles. The van der Waals surface area contributed by atoms with Gasteiger partial charge in [-0.05, 0) is 38.5 Å². The molecule has 0 bridgehead atoms. The van der Waals surface area contributed by atoms with Crippen LogP contribution >= 0.6 is 11.8 Å². The minimum absolute atomic E-state index is 0.0665. The van der Waals surface area contributed by atoms with Gasteiger partial charge >= 0.3 is 0 Å². The summed E-state index contributed by atoms with van der Waals surface area (Å²) in [7, 11) is 0. The first kappa shape index (κ1) is 19.2. The maximum absolute atomic E-state index is 12.7. The lowest BCUT2D eigenvalue weighted by Crippen LogP contribution is -2.32. The SMILES string of the molecule is CCN(C(=O)CSc1nnc(-c2ccccc2C)n1CC)c1ccccc1. The summed E-state index contributed by atoms with van der Waals surface area (Å²) < 4.78 is 2.07. The fraction of sp³-hybridized carbons (Fsp3) is 0.286. The maximum Gasteiger partial charge on any atom is 0.237 e. The van der Waals surface area contributed by atoms with Crippen molar-refractivity contribution in [2.75, 3.05) is 17.2 Å². The number of hydrogen-bond donors (Lipinski definition) is 0. The molecule has 5 nitrogen and oxygen atoms in total. The van der Waals surface area contributed by atoms with Crippen molar-refractivity contribution >= 4 is 23.4 Å². The second-order valence-electron chi connectivity index (χ2n) is 6.13. The molecule has 1 heterocycles. The van der Waals surface area contributed by atoms with Crippen molar-refractivity contribution in [3.05, 3.63) is 60.2 Å². The number of hydrogen-bond acceptors (Lipinski definition) is 4. The molecule has 0 atom stereocenters. The summed E-state index contributed by atoms with van der Waals surface area (Å²) in [5, 5.41) is 9.50. The highest BCUT2D eigenvalue weighted by molar-refractivity contribution is 7.99. The van der Waals surface area contributed by atoms with E-state index >= 15 is 0 Å². The molecule has 140 valence electrons. The van der Waals surface area contributed by atoms with Crippen LogP contribution in [-0.4, -0.2) is 33.0 Å². The van der Waals surface area contributed by atoms with Crippen LogP contribution in [0.4, 0.5) is 5.69 Å². The molecule has 2 aromatic carbocycles. The van der Waals surface area contributed by atoms with Crippen molar-refractivity contribution < 1.29 is 4.79 Å². The summed E-state index contributed by atoms with van der Waals surface area (Å²) in [4.78, 5) is 14.5. The fourth-order valence-corrected chi connectivity index (χ4v) is 3.90. The van der Waals surface area contributed by atoms with Crippen LogP contribution in [0.2, 0.25) is 0 Å². The van der Waals surface area contributed by atoms with E-state index in [-0.39, 0.29) is 5.91 Å². The number of benzene rings is 2. The topological polar surface area (TPSA) is 51.0 Å². The molecule has 0 fully saturated rings. The summed E-state index contributed by atoms with van der Waals surface area (Å²) in [6.45, 7) is 7.51. The third-order valence-electron chi connectivity index (χ3n) is 4.43. The number of nitrogens with zero attached hydrogens (tertiary/aromatic N) is 4. The number of carbonyl (C=O) groups is 1. The minimum Gasteiger partial charge on any atom is -0.312 e. The van der Waals surface area contributed by atoms with E-state index in [0.717, 1.165) is 34.3 Å². The molecule has 0 N–H and O–H groups in total. The number of rotatable bonds is 7. The summed E-state index contributed by atoms with van der Waals surface area (Å²) in [5.74, 6) is 1.24. The van der Waals surface area contributed by atoms with Gasteiger partial charge in [0.25, 0.3) is 0 Å². The molecular weight excluding hydrogens is 356 g/mol. The summed E-state index contributed by atoms with van der Waals surface area (Å²) >= 11 is 1.44. The van der Waals surface area contributed by atoms with Crippen LogP contribution in [0.5, 0.6) is 0 Å². The molecule has 3 aromatic rings. The molecule has 0 saturated carbocycles. The highest BCUT2D eigenvalue weighted by Crippen LogP contribution is 2.26. The summed E-state index contributed by atoms with van der Waals surface area (Å²) in [5.41, 5.74) is 3.15. The lowest BCUT2D eigenvalue weighted by molar-refractivity contribution is -0.116. The van der Waals surface area contributed by atoms with E-state index in [9.17, 15) is 4.79 Å². The molecule has 0 spiro atoms. The largest absolute Gasteiger partial charge is 0.312 e. The predicted octanol–water partition coefficient (Wildman–Crippen LogP) is 4.42. The molecule has 6 heteroatoms. The van der Waals surface area contributed by atoms with E-state index < -0.39 is 0 Å². The van der Waals surface area contributed by atoms with Crippen LogP contribution in [0.1, 0.15) is 19.4 Å². The van der Waals surface area contributed by atoms with Crippen molar-refractivity contribution in [2.45, 2.75) is 32.5 Å². The van der Waals surface area contributed by atoms with Gasteiger partial charge in [0.1, 0.15) is 0 Å². The maximum atomic E-state index is 12.7. The Kier molecular flexibility index (Phi) is 6.29. The van der Waals surface area contributed by atoms with Gasteiger partial charge in [-0.25, -0.2) is 0 Å². The quantitative estimate of drug-likeness (QED) is 0.570.